The van der Waals surface area contributed by atoms with Gasteiger partial charge in [-0.05, 0) is 43.6 Å². The molecule has 1 aromatic carbocycles. The van der Waals surface area contributed by atoms with Gasteiger partial charge in [-0.1, -0.05) is 0 Å². The van der Waals surface area contributed by atoms with E-state index >= 15 is 0 Å². The van der Waals surface area contributed by atoms with Gasteiger partial charge in [-0.25, -0.2) is 13.2 Å². The zero-order valence-electron chi connectivity index (χ0n) is 15.3. The number of halogens is 4. The Balaban J connectivity index is 0.00000225. The fourth-order valence-corrected chi connectivity index (χ4v) is 4.41. The third-order valence-corrected chi connectivity index (χ3v) is 5.78. The molecule has 1 aromatic heterocycles. The number of rotatable bonds is 6. The predicted octanol–water partition coefficient (Wildman–Crippen LogP) is 4.04. The minimum Gasteiger partial charge on any atom is -0.377 e. The van der Waals surface area contributed by atoms with Gasteiger partial charge in [-0.3, -0.25) is 0 Å². The minimum atomic E-state index is -1.10. The summed E-state index contributed by atoms with van der Waals surface area (Å²) in [5.41, 5.74) is 1.74. The van der Waals surface area contributed by atoms with Gasteiger partial charge >= 0.3 is 0 Å². The van der Waals surface area contributed by atoms with E-state index in [-0.39, 0.29) is 24.1 Å². The van der Waals surface area contributed by atoms with E-state index in [1.54, 1.807) is 0 Å². The zero-order chi connectivity index (χ0) is 19.0. The fraction of sp³-hybridized carbons (Fsp3) is 0.526. The van der Waals surface area contributed by atoms with Gasteiger partial charge in [0.1, 0.15) is 5.82 Å². The van der Waals surface area contributed by atoms with E-state index in [1.165, 1.54) is 0 Å². The average Bonchev–Trinajstić information content (AvgIpc) is 3.35. The third kappa shape index (κ3) is 4.15. The van der Waals surface area contributed by atoms with Crippen molar-refractivity contribution in [2.45, 2.75) is 44.2 Å². The molecule has 2 aliphatic rings. The van der Waals surface area contributed by atoms with E-state index in [1.807, 2.05) is 4.57 Å². The third-order valence-electron chi connectivity index (χ3n) is 5.46. The van der Waals surface area contributed by atoms with Crippen LogP contribution in [0.1, 0.15) is 35.7 Å². The minimum absolute atomic E-state index is 0. The van der Waals surface area contributed by atoms with Crippen LogP contribution < -0.4 is 5.32 Å². The summed E-state index contributed by atoms with van der Waals surface area (Å²) in [7, 11) is 0. The van der Waals surface area contributed by atoms with Crippen LogP contribution in [-0.2, 0) is 24.1 Å². The summed E-state index contributed by atoms with van der Waals surface area (Å²) in [6, 6.07) is 1.80. The van der Waals surface area contributed by atoms with Crippen molar-refractivity contribution in [1.29, 1.82) is 0 Å². The Morgan fingerprint density at radius 1 is 1.25 bits per heavy atom. The smallest absolute Gasteiger partial charge is 0.177 e. The molecule has 2 unspecified atom stereocenters. The van der Waals surface area contributed by atoms with Crippen molar-refractivity contribution >= 4 is 24.6 Å². The molecule has 2 aromatic rings. The Bertz CT molecular complexity index is 895. The van der Waals surface area contributed by atoms with E-state index in [0.717, 1.165) is 62.5 Å². The quantitative estimate of drug-likeness (QED) is 0.410. The maximum Gasteiger partial charge on any atom is 0.177 e. The van der Waals surface area contributed by atoms with E-state index < -0.39 is 23.4 Å². The highest BCUT2D eigenvalue weighted by atomic mass is 35.5. The Morgan fingerprint density at radius 3 is 2.79 bits per heavy atom. The first-order valence-corrected chi connectivity index (χ1v) is 9.71. The largest absolute Gasteiger partial charge is 0.377 e. The maximum atomic E-state index is 14.2. The Morgan fingerprint density at radius 2 is 2.04 bits per heavy atom. The maximum absolute atomic E-state index is 14.2. The summed E-state index contributed by atoms with van der Waals surface area (Å²) in [5, 5.41) is 3.39. The lowest BCUT2D eigenvalue weighted by Gasteiger charge is -2.13. The Labute approximate surface area is 172 Å². The van der Waals surface area contributed by atoms with Gasteiger partial charge in [0.2, 0.25) is 0 Å². The monoisotopic (exact) mass is 433 g/mol. The fourth-order valence-electron chi connectivity index (χ4n) is 4.10. The number of hydrogen-bond acceptors (Lipinski definition) is 3. The van der Waals surface area contributed by atoms with Crippen LogP contribution >= 0.6 is 24.6 Å². The van der Waals surface area contributed by atoms with Gasteiger partial charge in [0.25, 0.3) is 0 Å². The summed E-state index contributed by atoms with van der Waals surface area (Å²) in [5.74, 6) is -3.28. The molecule has 9 heteroatoms. The molecule has 0 amide bonds. The first-order valence-electron chi connectivity index (χ1n) is 9.31. The van der Waals surface area contributed by atoms with Crippen molar-refractivity contribution in [2.24, 2.45) is 0 Å². The summed E-state index contributed by atoms with van der Waals surface area (Å²) in [6.07, 6.45) is 3.65. The van der Waals surface area contributed by atoms with Crippen molar-refractivity contribution in [3.8, 4) is 0 Å². The highest BCUT2D eigenvalue weighted by molar-refractivity contribution is 7.71. The second kappa shape index (κ2) is 8.98. The van der Waals surface area contributed by atoms with Gasteiger partial charge < -0.3 is 19.6 Å². The number of aromatic amines is 1. The predicted molar refractivity (Wildman–Crippen MR) is 105 cm³/mol. The summed E-state index contributed by atoms with van der Waals surface area (Å²) in [4.78, 5) is 3.20. The van der Waals surface area contributed by atoms with Crippen molar-refractivity contribution in [2.75, 3.05) is 19.7 Å². The molecule has 2 aliphatic heterocycles. The lowest BCUT2D eigenvalue weighted by atomic mass is 9.95. The Kier molecular flexibility index (Phi) is 6.85. The molecular weight excluding hydrogens is 411 g/mol. The first kappa shape index (κ1) is 21.4. The molecule has 4 nitrogen and oxygen atoms in total. The van der Waals surface area contributed by atoms with Crippen LogP contribution in [0.15, 0.2) is 12.1 Å². The SMILES string of the molecule is Cl.Fc1ccc(F)c(C2Cc3c(CCNCC4CCCO4)[nH]c(=S)n3C2)c1F. The number of ether oxygens (including phenoxy) is 1. The molecule has 154 valence electrons. The summed E-state index contributed by atoms with van der Waals surface area (Å²) >= 11 is 5.37. The summed E-state index contributed by atoms with van der Waals surface area (Å²) in [6.45, 7) is 2.76. The van der Waals surface area contributed by atoms with Crippen LogP contribution in [-0.4, -0.2) is 35.4 Å². The molecule has 3 heterocycles. The number of nitrogens with one attached hydrogen (secondary N) is 2. The van der Waals surface area contributed by atoms with Gasteiger partial charge in [-0.2, -0.15) is 0 Å². The van der Waals surface area contributed by atoms with Gasteiger partial charge in [0.05, 0.1) is 6.10 Å². The Hall–Kier alpha value is -1.35. The molecule has 1 saturated heterocycles. The van der Waals surface area contributed by atoms with Crippen molar-refractivity contribution < 1.29 is 17.9 Å². The molecular formula is C19H23ClF3N3OS. The van der Waals surface area contributed by atoms with E-state index in [4.69, 9.17) is 17.0 Å². The van der Waals surface area contributed by atoms with Crippen molar-refractivity contribution in [3.63, 3.8) is 0 Å². The molecule has 0 bridgehead atoms. The zero-order valence-corrected chi connectivity index (χ0v) is 16.9. The lowest BCUT2D eigenvalue weighted by molar-refractivity contribution is 0.110. The second-order valence-electron chi connectivity index (χ2n) is 7.21. The molecule has 1 fully saturated rings. The van der Waals surface area contributed by atoms with Crippen molar-refractivity contribution in [1.82, 2.24) is 14.9 Å². The molecule has 0 aliphatic carbocycles. The number of imidazole rings is 1. The molecule has 0 spiro atoms. The van der Waals surface area contributed by atoms with Crippen LogP contribution in [0, 0.1) is 22.2 Å². The average molecular weight is 434 g/mol. The second-order valence-corrected chi connectivity index (χ2v) is 7.60. The number of aromatic nitrogens is 2. The van der Waals surface area contributed by atoms with Crippen LogP contribution in [0.25, 0.3) is 0 Å². The van der Waals surface area contributed by atoms with E-state index in [0.29, 0.717) is 17.7 Å². The number of H-pyrrole nitrogens is 1. The van der Waals surface area contributed by atoms with Gasteiger partial charge in [0, 0.05) is 55.5 Å². The van der Waals surface area contributed by atoms with Crippen LogP contribution in [0.4, 0.5) is 13.2 Å². The number of benzene rings is 1. The molecule has 0 saturated carbocycles. The van der Waals surface area contributed by atoms with E-state index in [2.05, 4.69) is 10.3 Å². The van der Waals surface area contributed by atoms with Crippen LogP contribution in [0.5, 0.6) is 0 Å². The number of nitrogens with zero attached hydrogens (tertiary/aromatic N) is 1. The normalized spacial score (nSPS) is 21.0. The van der Waals surface area contributed by atoms with Gasteiger partial charge in [0.15, 0.2) is 16.4 Å². The summed E-state index contributed by atoms with van der Waals surface area (Å²) < 4.78 is 49.9. The molecule has 0 radical (unpaired) electrons. The molecule has 2 atom stereocenters. The number of hydrogen-bond donors (Lipinski definition) is 2. The lowest BCUT2D eigenvalue weighted by Crippen LogP contribution is -2.28. The molecule has 2 N–H and O–H groups in total. The van der Waals surface area contributed by atoms with Gasteiger partial charge in [-0.15, -0.1) is 12.4 Å². The number of fused-ring (bicyclic) bond motifs is 1. The molecule has 28 heavy (non-hydrogen) atoms. The highest BCUT2D eigenvalue weighted by Crippen LogP contribution is 2.35. The van der Waals surface area contributed by atoms with E-state index in [9.17, 15) is 13.2 Å². The first-order chi connectivity index (χ1) is 13.0. The topological polar surface area (TPSA) is 42.0 Å². The van der Waals surface area contributed by atoms with Crippen LogP contribution in [0.2, 0.25) is 0 Å². The van der Waals surface area contributed by atoms with Crippen molar-refractivity contribution in [3.05, 3.63) is 51.3 Å². The standard InChI is InChI=1S/C19H22F3N3OS.ClH/c20-13-3-4-14(21)18(22)17(13)11-8-16-15(24-19(27)25(16)10-11)5-6-23-9-12-2-1-7-26-12;/h3-4,11-12,23H,1-2,5-10H2,(H,24,27);1H. The molecule has 4 rings (SSSR count). The highest BCUT2D eigenvalue weighted by Gasteiger charge is 2.31. The van der Waals surface area contributed by atoms with Crippen LogP contribution in [0.3, 0.4) is 0 Å².